The summed E-state index contributed by atoms with van der Waals surface area (Å²) in [6.07, 6.45) is 4.98. The van der Waals surface area contributed by atoms with Crippen LogP contribution in [0.15, 0.2) is 24.7 Å². The summed E-state index contributed by atoms with van der Waals surface area (Å²) in [7, 11) is 1.87. The number of hydrogen-bond donors (Lipinski definition) is 1. The maximum Gasteiger partial charge on any atom is 0.219 e. The minimum atomic E-state index is -0.312. The molecule has 0 amide bonds. The van der Waals surface area contributed by atoms with Gasteiger partial charge in [-0.15, -0.1) is 0 Å². The van der Waals surface area contributed by atoms with Crippen LogP contribution in [0.5, 0.6) is 0 Å². The molecule has 2 rings (SSSR count). The van der Waals surface area contributed by atoms with Gasteiger partial charge in [0.05, 0.1) is 11.8 Å². The first-order chi connectivity index (χ1) is 8.63. The molecule has 0 radical (unpaired) electrons. The third kappa shape index (κ3) is 2.41. The van der Waals surface area contributed by atoms with Crippen molar-refractivity contribution < 1.29 is 4.39 Å². The Morgan fingerprint density at radius 3 is 2.72 bits per heavy atom. The van der Waals surface area contributed by atoms with Crippen molar-refractivity contribution in [3.8, 4) is 11.1 Å². The molecule has 5 heteroatoms. The molecule has 96 valence electrons. The minimum Gasteiger partial charge on any atom is -0.316 e. The van der Waals surface area contributed by atoms with Crippen LogP contribution in [0.1, 0.15) is 25.5 Å². The van der Waals surface area contributed by atoms with Gasteiger partial charge in [0.25, 0.3) is 0 Å². The number of rotatable bonds is 4. The highest BCUT2D eigenvalue weighted by molar-refractivity contribution is 5.62. The zero-order chi connectivity index (χ0) is 13.1. The fourth-order valence-corrected chi connectivity index (χ4v) is 1.84. The molecule has 18 heavy (non-hydrogen) atoms. The molecule has 0 saturated carbocycles. The van der Waals surface area contributed by atoms with Crippen molar-refractivity contribution in [3.63, 3.8) is 0 Å². The lowest BCUT2D eigenvalue weighted by Crippen LogP contribution is -2.06. The molecule has 0 aromatic carbocycles. The standard InChI is InChI=1S/C13H17FN4/c1-9(2)18-13(14)12(8-17-18)11-4-10(5-15-3)6-16-7-11/h4,6-9,15H,5H2,1-3H3. The number of nitrogens with zero attached hydrogens (tertiary/aromatic N) is 3. The highest BCUT2D eigenvalue weighted by Gasteiger charge is 2.14. The van der Waals surface area contributed by atoms with Gasteiger partial charge in [-0.05, 0) is 32.5 Å². The summed E-state index contributed by atoms with van der Waals surface area (Å²) in [5.41, 5.74) is 2.27. The summed E-state index contributed by atoms with van der Waals surface area (Å²) in [6, 6.07) is 1.93. The third-order valence-corrected chi connectivity index (χ3v) is 2.71. The van der Waals surface area contributed by atoms with Gasteiger partial charge < -0.3 is 5.32 Å². The van der Waals surface area contributed by atoms with Crippen molar-refractivity contribution in [1.82, 2.24) is 20.1 Å². The van der Waals surface area contributed by atoms with Crippen LogP contribution in [0, 0.1) is 5.95 Å². The second kappa shape index (κ2) is 5.27. The Labute approximate surface area is 106 Å². The van der Waals surface area contributed by atoms with Crippen molar-refractivity contribution in [2.75, 3.05) is 7.05 Å². The molecule has 1 N–H and O–H groups in total. The van der Waals surface area contributed by atoms with E-state index in [1.807, 2.05) is 27.0 Å². The zero-order valence-corrected chi connectivity index (χ0v) is 10.8. The first-order valence-electron chi connectivity index (χ1n) is 5.95. The monoisotopic (exact) mass is 248 g/mol. The highest BCUT2D eigenvalue weighted by Crippen LogP contribution is 2.24. The predicted molar refractivity (Wildman–Crippen MR) is 68.6 cm³/mol. The Morgan fingerprint density at radius 2 is 2.11 bits per heavy atom. The maximum atomic E-state index is 14.1. The van der Waals surface area contributed by atoms with E-state index in [0.29, 0.717) is 12.1 Å². The molecule has 2 heterocycles. The Hall–Kier alpha value is -1.75. The molecule has 4 nitrogen and oxygen atoms in total. The summed E-state index contributed by atoms with van der Waals surface area (Å²) in [5, 5.41) is 7.11. The van der Waals surface area contributed by atoms with Crippen LogP contribution in [-0.2, 0) is 6.54 Å². The first-order valence-corrected chi connectivity index (χ1v) is 5.95. The van der Waals surface area contributed by atoms with Gasteiger partial charge in [0.15, 0.2) is 0 Å². The molecule has 2 aromatic heterocycles. The van der Waals surface area contributed by atoms with Crippen molar-refractivity contribution in [2.24, 2.45) is 0 Å². The van der Waals surface area contributed by atoms with E-state index in [2.05, 4.69) is 15.4 Å². The zero-order valence-electron chi connectivity index (χ0n) is 10.8. The van der Waals surface area contributed by atoms with Crippen LogP contribution in [0.3, 0.4) is 0 Å². The molecular weight excluding hydrogens is 231 g/mol. The molecule has 0 spiro atoms. The minimum absolute atomic E-state index is 0.00667. The molecule has 0 aliphatic rings. The van der Waals surface area contributed by atoms with Gasteiger partial charge in [-0.25, -0.2) is 4.68 Å². The van der Waals surface area contributed by atoms with Gasteiger partial charge in [0, 0.05) is 30.5 Å². The summed E-state index contributed by atoms with van der Waals surface area (Å²) in [4.78, 5) is 4.13. The first kappa shape index (κ1) is 12.7. The van der Waals surface area contributed by atoms with E-state index in [9.17, 15) is 4.39 Å². The molecule has 0 saturated heterocycles. The van der Waals surface area contributed by atoms with Gasteiger partial charge in [0.1, 0.15) is 0 Å². The van der Waals surface area contributed by atoms with Crippen molar-refractivity contribution >= 4 is 0 Å². The highest BCUT2D eigenvalue weighted by atomic mass is 19.1. The number of hydrogen-bond acceptors (Lipinski definition) is 3. The quantitative estimate of drug-likeness (QED) is 0.903. The van der Waals surface area contributed by atoms with Gasteiger partial charge in [-0.1, -0.05) is 0 Å². The van der Waals surface area contributed by atoms with Crippen molar-refractivity contribution in [3.05, 3.63) is 36.2 Å². The second-order valence-electron chi connectivity index (χ2n) is 4.50. The Bertz CT molecular complexity index is 534. The molecule has 2 aromatic rings. The fraction of sp³-hybridized carbons (Fsp3) is 0.385. The molecular formula is C13H17FN4. The van der Waals surface area contributed by atoms with Crippen LogP contribution >= 0.6 is 0 Å². The maximum absolute atomic E-state index is 14.1. The number of halogens is 1. The topological polar surface area (TPSA) is 42.7 Å². The van der Waals surface area contributed by atoms with Crippen LogP contribution in [0.4, 0.5) is 4.39 Å². The van der Waals surface area contributed by atoms with Gasteiger partial charge in [-0.2, -0.15) is 9.49 Å². The van der Waals surface area contributed by atoms with Crippen LogP contribution in [0.2, 0.25) is 0 Å². The van der Waals surface area contributed by atoms with Crippen molar-refractivity contribution in [2.45, 2.75) is 26.4 Å². The Kier molecular flexibility index (Phi) is 3.72. The molecule has 0 aliphatic carbocycles. The summed E-state index contributed by atoms with van der Waals surface area (Å²) in [5.74, 6) is -0.312. The number of aromatic nitrogens is 3. The van der Waals surface area contributed by atoms with Gasteiger partial charge in [-0.3, -0.25) is 4.98 Å². The van der Waals surface area contributed by atoms with E-state index in [4.69, 9.17) is 0 Å². The third-order valence-electron chi connectivity index (χ3n) is 2.71. The largest absolute Gasteiger partial charge is 0.316 e. The van der Waals surface area contributed by atoms with E-state index in [1.165, 1.54) is 4.68 Å². The average Bonchev–Trinajstić information content (AvgIpc) is 2.72. The lowest BCUT2D eigenvalue weighted by atomic mass is 10.1. The van der Waals surface area contributed by atoms with Crippen LogP contribution in [-0.4, -0.2) is 21.8 Å². The SMILES string of the molecule is CNCc1cncc(-c2cnn(C(C)C)c2F)c1. The number of pyridine rings is 1. The van der Waals surface area contributed by atoms with Gasteiger partial charge in [0.2, 0.25) is 5.95 Å². The van der Waals surface area contributed by atoms with Gasteiger partial charge >= 0.3 is 0 Å². The van der Waals surface area contributed by atoms with E-state index < -0.39 is 0 Å². The lowest BCUT2D eigenvalue weighted by molar-refractivity contribution is 0.417. The summed E-state index contributed by atoms with van der Waals surface area (Å²) < 4.78 is 15.5. The summed E-state index contributed by atoms with van der Waals surface area (Å²) in [6.45, 7) is 4.51. The fourth-order valence-electron chi connectivity index (χ4n) is 1.84. The smallest absolute Gasteiger partial charge is 0.219 e. The molecule has 0 atom stereocenters. The van der Waals surface area contributed by atoms with E-state index in [1.54, 1.807) is 18.6 Å². The molecule has 0 bridgehead atoms. The predicted octanol–water partition coefficient (Wildman–Crippen LogP) is 2.38. The van der Waals surface area contributed by atoms with E-state index >= 15 is 0 Å². The van der Waals surface area contributed by atoms with Crippen LogP contribution in [0.25, 0.3) is 11.1 Å². The van der Waals surface area contributed by atoms with E-state index in [0.717, 1.165) is 11.1 Å². The molecule has 0 unspecified atom stereocenters. The Morgan fingerprint density at radius 1 is 1.33 bits per heavy atom. The summed E-state index contributed by atoms with van der Waals surface area (Å²) >= 11 is 0. The lowest BCUT2D eigenvalue weighted by Gasteiger charge is -2.06. The van der Waals surface area contributed by atoms with Crippen molar-refractivity contribution in [1.29, 1.82) is 0 Å². The second-order valence-corrected chi connectivity index (χ2v) is 4.50. The number of nitrogens with one attached hydrogen (secondary N) is 1. The Balaban J connectivity index is 2.39. The van der Waals surface area contributed by atoms with E-state index in [-0.39, 0.29) is 12.0 Å². The molecule has 0 aliphatic heterocycles. The molecule has 0 fully saturated rings. The van der Waals surface area contributed by atoms with Crippen LogP contribution < -0.4 is 5.32 Å². The average molecular weight is 248 g/mol. The normalized spacial score (nSPS) is 11.2.